The first-order chi connectivity index (χ1) is 6.24. The highest BCUT2D eigenvalue weighted by Gasteiger charge is 2.03. The number of rotatable bonds is 2. The van der Waals surface area contributed by atoms with E-state index in [1.54, 1.807) is 19.1 Å². The molecule has 0 saturated heterocycles. The van der Waals surface area contributed by atoms with Crippen molar-refractivity contribution in [1.82, 2.24) is 0 Å². The van der Waals surface area contributed by atoms with E-state index >= 15 is 0 Å². The molecule has 0 atom stereocenters. The van der Waals surface area contributed by atoms with Crippen LogP contribution in [0.4, 0.5) is 0 Å². The van der Waals surface area contributed by atoms with Crippen LogP contribution < -0.4 is 4.74 Å². The van der Waals surface area contributed by atoms with Gasteiger partial charge in [0.2, 0.25) is 5.05 Å². The monoisotopic (exact) mass is 195 g/mol. The molecule has 68 valence electrons. The Morgan fingerprint density at radius 3 is 2.54 bits per heavy atom. The van der Waals surface area contributed by atoms with E-state index in [9.17, 15) is 0 Å². The molecule has 0 fully saturated rings. The Morgan fingerprint density at radius 1 is 1.38 bits per heavy atom. The lowest BCUT2D eigenvalue weighted by Crippen LogP contribution is -2.14. The van der Waals surface area contributed by atoms with Crippen molar-refractivity contribution in [3.05, 3.63) is 30.3 Å². The first-order valence-corrected chi connectivity index (χ1v) is 4.10. The normalized spacial score (nSPS) is 11.0. The first kappa shape index (κ1) is 9.67. The topological polar surface area (TPSA) is 41.8 Å². The fourth-order valence-corrected chi connectivity index (χ4v) is 0.847. The maximum absolute atomic E-state index is 8.40. The van der Waals surface area contributed by atoms with Crippen LogP contribution in [0.2, 0.25) is 0 Å². The van der Waals surface area contributed by atoms with Crippen molar-refractivity contribution in [1.29, 1.82) is 0 Å². The smallest absolute Gasteiger partial charge is 0.215 e. The maximum atomic E-state index is 8.40. The van der Waals surface area contributed by atoms with E-state index in [4.69, 9.17) is 22.2 Å². The van der Waals surface area contributed by atoms with Gasteiger partial charge in [0.05, 0.1) is 0 Å². The van der Waals surface area contributed by atoms with Crippen LogP contribution in [0, 0.1) is 0 Å². The summed E-state index contributed by atoms with van der Waals surface area (Å²) in [6.07, 6.45) is 0. The number of hydrogen-bond donors (Lipinski definition) is 1. The summed E-state index contributed by atoms with van der Waals surface area (Å²) in [6.45, 7) is 1.57. The van der Waals surface area contributed by atoms with Crippen molar-refractivity contribution in [3.8, 4) is 5.75 Å². The van der Waals surface area contributed by atoms with Gasteiger partial charge in [-0.05, 0) is 31.3 Å². The van der Waals surface area contributed by atoms with Crippen LogP contribution in [0.5, 0.6) is 5.75 Å². The van der Waals surface area contributed by atoms with Gasteiger partial charge in [0.1, 0.15) is 11.5 Å². The highest BCUT2D eigenvalue weighted by atomic mass is 32.1. The third-order valence-corrected chi connectivity index (χ3v) is 1.78. The molecule has 0 heterocycles. The number of benzene rings is 1. The van der Waals surface area contributed by atoms with Gasteiger partial charge in [-0.25, -0.2) is 0 Å². The van der Waals surface area contributed by atoms with Gasteiger partial charge < -0.3 is 9.94 Å². The summed E-state index contributed by atoms with van der Waals surface area (Å²) in [5, 5.41) is 11.5. The van der Waals surface area contributed by atoms with Crippen molar-refractivity contribution >= 4 is 23.0 Å². The van der Waals surface area contributed by atoms with Crippen LogP contribution in [-0.2, 0) is 0 Å². The average Bonchev–Trinajstić information content (AvgIpc) is 2.18. The number of para-hydroxylation sites is 1. The van der Waals surface area contributed by atoms with E-state index < -0.39 is 0 Å². The number of hydrogen-bond acceptors (Lipinski definition) is 4. The second-order valence-electron chi connectivity index (χ2n) is 2.39. The summed E-state index contributed by atoms with van der Waals surface area (Å²) in [5.41, 5.74) is 0.291. The maximum Gasteiger partial charge on any atom is 0.215 e. The lowest BCUT2D eigenvalue weighted by atomic mass is 10.3. The number of thiocarbonyl (C=S) groups is 1. The van der Waals surface area contributed by atoms with E-state index in [1.807, 2.05) is 18.2 Å². The zero-order valence-electron chi connectivity index (χ0n) is 7.10. The predicted molar refractivity (Wildman–Crippen MR) is 54.6 cm³/mol. The van der Waals surface area contributed by atoms with E-state index in [-0.39, 0.29) is 5.05 Å². The molecule has 13 heavy (non-hydrogen) atoms. The number of oxime groups is 1. The van der Waals surface area contributed by atoms with Crippen molar-refractivity contribution in [2.75, 3.05) is 0 Å². The van der Waals surface area contributed by atoms with Crippen molar-refractivity contribution in [2.45, 2.75) is 6.92 Å². The minimum absolute atomic E-state index is 0.175. The Bertz CT molecular complexity index is 322. The summed E-state index contributed by atoms with van der Waals surface area (Å²) in [4.78, 5) is 0. The minimum Gasteiger partial charge on any atom is -0.444 e. The van der Waals surface area contributed by atoms with Gasteiger partial charge in [-0.2, -0.15) is 0 Å². The number of ether oxygens (including phenoxy) is 1. The zero-order chi connectivity index (χ0) is 9.68. The third kappa shape index (κ3) is 2.83. The second kappa shape index (κ2) is 4.57. The molecule has 0 aliphatic heterocycles. The van der Waals surface area contributed by atoms with Crippen LogP contribution in [0.25, 0.3) is 0 Å². The van der Waals surface area contributed by atoms with Gasteiger partial charge in [0.25, 0.3) is 0 Å². The van der Waals surface area contributed by atoms with Gasteiger partial charge >= 0.3 is 0 Å². The van der Waals surface area contributed by atoms with E-state index in [2.05, 4.69) is 5.16 Å². The van der Waals surface area contributed by atoms with Crippen LogP contribution in [0.15, 0.2) is 35.5 Å². The summed E-state index contributed by atoms with van der Waals surface area (Å²) in [6, 6.07) is 9.10. The Hall–Kier alpha value is -1.42. The summed E-state index contributed by atoms with van der Waals surface area (Å²) in [5.74, 6) is 0.635. The van der Waals surface area contributed by atoms with Crippen molar-refractivity contribution < 1.29 is 9.94 Å². The van der Waals surface area contributed by atoms with E-state index in [0.717, 1.165) is 0 Å². The van der Waals surface area contributed by atoms with Gasteiger partial charge in [-0.1, -0.05) is 23.4 Å². The highest BCUT2D eigenvalue weighted by molar-refractivity contribution is 7.81. The molecule has 0 aliphatic carbocycles. The lowest BCUT2D eigenvalue weighted by Gasteiger charge is -2.04. The molecule has 0 spiro atoms. The largest absolute Gasteiger partial charge is 0.444 e. The molecule has 1 N–H and O–H groups in total. The molecule has 3 nitrogen and oxygen atoms in total. The average molecular weight is 195 g/mol. The Morgan fingerprint density at radius 2 is 2.00 bits per heavy atom. The summed E-state index contributed by atoms with van der Waals surface area (Å²) in [7, 11) is 0. The fourth-order valence-electron chi connectivity index (χ4n) is 0.710. The van der Waals surface area contributed by atoms with Crippen LogP contribution >= 0.6 is 12.2 Å². The molecule has 4 heteroatoms. The zero-order valence-corrected chi connectivity index (χ0v) is 7.91. The Balaban J connectivity index is 2.66. The molecular formula is C9H9NO2S. The molecule has 1 aromatic carbocycles. The standard InChI is InChI=1S/C9H9NO2S/c1-7(10-11)9(13)12-8-5-3-2-4-6-8/h2-6,11H,1H3. The molecule has 0 radical (unpaired) electrons. The quantitative estimate of drug-likeness (QED) is 0.340. The van der Waals surface area contributed by atoms with E-state index in [1.165, 1.54) is 0 Å². The van der Waals surface area contributed by atoms with Gasteiger partial charge in [-0.15, -0.1) is 0 Å². The Labute approximate surface area is 81.6 Å². The summed E-state index contributed by atoms with van der Waals surface area (Å²) < 4.78 is 5.21. The van der Waals surface area contributed by atoms with Gasteiger partial charge in [0, 0.05) is 0 Å². The molecule has 0 saturated carbocycles. The SMILES string of the molecule is CC(=NO)C(=S)Oc1ccccc1. The first-order valence-electron chi connectivity index (χ1n) is 3.70. The number of nitrogens with zero attached hydrogens (tertiary/aromatic N) is 1. The highest BCUT2D eigenvalue weighted by Crippen LogP contribution is 2.09. The fraction of sp³-hybridized carbons (Fsp3) is 0.111. The molecule has 0 aliphatic rings. The molecule has 0 unspecified atom stereocenters. The second-order valence-corrected chi connectivity index (χ2v) is 2.76. The molecular weight excluding hydrogens is 186 g/mol. The van der Waals surface area contributed by atoms with Crippen molar-refractivity contribution in [2.24, 2.45) is 5.16 Å². The third-order valence-electron chi connectivity index (χ3n) is 1.40. The molecule has 0 bridgehead atoms. The molecule has 1 rings (SSSR count). The summed E-state index contributed by atoms with van der Waals surface area (Å²) >= 11 is 4.84. The molecule has 0 aromatic heterocycles. The molecule has 0 amide bonds. The lowest BCUT2D eigenvalue weighted by molar-refractivity contribution is 0.319. The van der Waals surface area contributed by atoms with Gasteiger partial charge in [-0.3, -0.25) is 0 Å². The van der Waals surface area contributed by atoms with Gasteiger partial charge in [0.15, 0.2) is 0 Å². The molecule has 1 aromatic rings. The van der Waals surface area contributed by atoms with Crippen LogP contribution in [-0.4, -0.2) is 16.0 Å². The van der Waals surface area contributed by atoms with Crippen LogP contribution in [0.3, 0.4) is 0 Å². The van der Waals surface area contributed by atoms with E-state index in [0.29, 0.717) is 11.5 Å². The Kier molecular flexibility index (Phi) is 3.40. The predicted octanol–water partition coefficient (Wildman–Crippen LogP) is 2.24. The van der Waals surface area contributed by atoms with Crippen molar-refractivity contribution in [3.63, 3.8) is 0 Å². The van der Waals surface area contributed by atoms with Crippen LogP contribution in [0.1, 0.15) is 6.92 Å². The minimum atomic E-state index is 0.175.